The highest BCUT2D eigenvalue weighted by atomic mass is 32.1. The number of β-amino-alcohol motifs (C(OH)–C–C–N with tert-alkyl or cyclic N) is 1. The third-order valence-electron chi connectivity index (χ3n) is 2.06. The standard InChI is InChI=1S/C9H14N2O3S/c10-8(14)7-2-1-3-11(9(7)15)4-6(13)5-12/h1-3,6,9,12-13,15H,4-5H2,(H2,10,14). The molecule has 0 fully saturated rings. The third kappa shape index (κ3) is 2.98. The van der Waals surface area contributed by atoms with Gasteiger partial charge < -0.3 is 20.8 Å². The first kappa shape index (κ1) is 12.1. The van der Waals surface area contributed by atoms with Crippen molar-refractivity contribution in [2.24, 2.45) is 5.73 Å². The van der Waals surface area contributed by atoms with Gasteiger partial charge in [-0.2, -0.15) is 0 Å². The molecule has 0 radical (unpaired) electrons. The second-order valence-electron chi connectivity index (χ2n) is 3.23. The van der Waals surface area contributed by atoms with Crippen molar-refractivity contribution in [3.8, 4) is 0 Å². The molecule has 5 nitrogen and oxygen atoms in total. The monoisotopic (exact) mass is 230 g/mol. The number of nitrogens with zero attached hydrogens (tertiary/aromatic N) is 1. The fourth-order valence-corrected chi connectivity index (χ4v) is 1.66. The van der Waals surface area contributed by atoms with Crippen molar-refractivity contribution in [2.45, 2.75) is 11.5 Å². The lowest BCUT2D eigenvalue weighted by atomic mass is 10.1. The summed E-state index contributed by atoms with van der Waals surface area (Å²) in [6.45, 7) is -0.133. The molecule has 15 heavy (non-hydrogen) atoms. The summed E-state index contributed by atoms with van der Waals surface area (Å²) >= 11 is 4.22. The fraction of sp³-hybridized carbons (Fsp3) is 0.444. The molecule has 0 aromatic rings. The van der Waals surface area contributed by atoms with Crippen molar-refractivity contribution in [1.29, 1.82) is 0 Å². The van der Waals surface area contributed by atoms with Gasteiger partial charge in [0.1, 0.15) is 5.37 Å². The molecule has 0 saturated heterocycles. The molecular formula is C9H14N2O3S. The van der Waals surface area contributed by atoms with E-state index >= 15 is 0 Å². The Labute approximate surface area is 93.3 Å². The summed E-state index contributed by atoms with van der Waals surface area (Å²) in [5, 5.41) is 17.5. The highest BCUT2D eigenvalue weighted by Gasteiger charge is 2.23. The fourth-order valence-electron chi connectivity index (χ4n) is 1.27. The molecule has 0 spiro atoms. The molecule has 84 valence electrons. The zero-order valence-corrected chi connectivity index (χ0v) is 8.97. The van der Waals surface area contributed by atoms with Crippen LogP contribution < -0.4 is 5.73 Å². The van der Waals surface area contributed by atoms with Crippen molar-refractivity contribution >= 4 is 18.5 Å². The third-order valence-corrected chi connectivity index (χ3v) is 2.64. The van der Waals surface area contributed by atoms with Crippen LogP contribution in [0, 0.1) is 0 Å². The van der Waals surface area contributed by atoms with E-state index in [9.17, 15) is 9.90 Å². The van der Waals surface area contributed by atoms with Crippen molar-refractivity contribution < 1.29 is 15.0 Å². The summed E-state index contributed by atoms with van der Waals surface area (Å²) in [5.74, 6) is -0.539. The maximum atomic E-state index is 11.0. The molecule has 1 heterocycles. The van der Waals surface area contributed by atoms with Gasteiger partial charge in [-0.1, -0.05) is 0 Å². The van der Waals surface area contributed by atoms with Crippen LogP contribution in [-0.2, 0) is 4.79 Å². The van der Waals surface area contributed by atoms with Gasteiger partial charge in [0.25, 0.3) is 0 Å². The molecule has 2 atom stereocenters. The summed E-state index contributed by atoms with van der Waals surface area (Å²) in [4.78, 5) is 12.6. The maximum absolute atomic E-state index is 11.0. The van der Waals surface area contributed by atoms with Crippen LogP contribution in [0.5, 0.6) is 0 Å². The molecule has 6 heteroatoms. The lowest BCUT2D eigenvalue weighted by Gasteiger charge is -2.31. The summed E-state index contributed by atoms with van der Waals surface area (Å²) in [5.41, 5.74) is 5.52. The number of carbonyl (C=O) groups is 1. The van der Waals surface area contributed by atoms with Gasteiger partial charge in [0.2, 0.25) is 5.91 Å². The van der Waals surface area contributed by atoms with E-state index in [2.05, 4.69) is 12.6 Å². The number of primary amides is 1. The number of aliphatic hydroxyl groups excluding tert-OH is 2. The minimum atomic E-state index is -0.864. The minimum Gasteiger partial charge on any atom is -0.394 e. The number of hydrogen-bond acceptors (Lipinski definition) is 5. The minimum absolute atomic E-state index is 0.200. The Bertz CT molecular complexity index is 304. The zero-order chi connectivity index (χ0) is 11.4. The number of hydrogen-bond donors (Lipinski definition) is 4. The van der Waals surface area contributed by atoms with Crippen molar-refractivity contribution in [1.82, 2.24) is 4.90 Å². The molecule has 1 aliphatic rings. The summed E-state index contributed by atoms with van der Waals surface area (Å²) in [7, 11) is 0. The maximum Gasteiger partial charge on any atom is 0.247 e. The van der Waals surface area contributed by atoms with Gasteiger partial charge in [0, 0.05) is 18.3 Å². The van der Waals surface area contributed by atoms with Gasteiger partial charge in [0.15, 0.2) is 0 Å². The number of rotatable bonds is 4. The molecular weight excluding hydrogens is 216 g/mol. The lowest BCUT2D eigenvalue weighted by Crippen LogP contribution is -2.40. The largest absolute Gasteiger partial charge is 0.394 e. The molecule has 0 aromatic heterocycles. The molecule has 1 rings (SSSR count). The molecule has 0 saturated carbocycles. The first-order valence-electron chi connectivity index (χ1n) is 4.47. The number of amides is 1. The van der Waals surface area contributed by atoms with E-state index in [4.69, 9.17) is 10.8 Å². The summed E-state index contributed by atoms with van der Waals surface area (Å²) in [6, 6.07) is 0. The second kappa shape index (κ2) is 5.20. The van der Waals surface area contributed by atoms with Gasteiger partial charge in [-0.3, -0.25) is 4.79 Å². The summed E-state index contributed by atoms with van der Waals surface area (Å²) in [6.07, 6.45) is 4.05. The van der Waals surface area contributed by atoms with Gasteiger partial charge in [-0.05, 0) is 12.2 Å². The van der Waals surface area contributed by atoms with Crippen LogP contribution in [0.3, 0.4) is 0 Å². The first-order valence-corrected chi connectivity index (χ1v) is 4.98. The van der Waals surface area contributed by atoms with E-state index in [1.807, 2.05) is 0 Å². The van der Waals surface area contributed by atoms with Crippen LogP contribution in [-0.4, -0.2) is 45.6 Å². The second-order valence-corrected chi connectivity index (χ2v) is 3.72. The van der Waals surface area contributed by atoms with E-state index < -0.39 is 17.4 Å². The number of nitrogens with two attached hydrogens (primary N) is 1. The average molecular weight is 230 g/mol. The summed E-state index contributed by atoms with van der Waals surface area (Å²) < 4.78 is 0. The van der Waals surface area contributed by atoms with Gasteiger partial charge in [0.05, 0.1) is 12.7 Å². The highest BCUT2D eigenvalue weighted by Crippen LogP contribution is 2.19. The van der Waals surface area contributed by atoms with Gasteiger partial charge in [-0.25, -0.2) is 0 Å². The Hall–Kier alpha value is -0.980. The van der Waals surface area contributed by atoms with Crippen LogP contribution in [0.25, 0.3) is 0 Å². The van der Waals surface area contributed by atoms with Crippen molar-refractivity contribution in [3.05, 3.63) is 23.9 Å². The Morgan fingerprint density at radius 3 is 2.93 bits per heavy atom. The predicted octanol–water partition coefficient (Wildman–Crippen LogP) is -1.16. The predicted molar refractivity (Wildman–Crippen MR) is 59.0 cm³/mol. The number of allylic oxidation sites excluding steroid dienone is 2. The smallest absolute Gasteiger partial charge is 0.247 e. The molecule has 0 bridgehead atoms. The van der Waals surface area contributed by atoms with E-state index in [1.165, 1.54) is 0 Å². The quantitative estimate of drug-likeness (QED) is 0.459. The lowest BCUT2D eigenvalue weighted by molar-refractivity contribution is -0.114. The van der Waals surface area contributed by atoms with Crippen LogP contribution in [0.15, 0.2) is 23.9 Å². The Morgan fingerprint density at radius 2 is 2.40 bits per heavy atom. The Balaban J connectivity index is 2.68. The van der Waals surface area contributed by atoms with Gasteiger partial charge in [-0.15, -0.1) is 12.6 Å². The van der Waals surface area contributed by atoms with Crippen LogP contribution >= 0.6 is 12.6 Å². The first-order chi connectivity index (χ1) is 7.06. The average Bonchev–Trinajstić information content (AvgIpc) is 2.20. The Kier molecular flexibility index (Phi) is 4.19. The Morgan fingerprint density at radius 1 is 1.73 bits per heavy atom. The van der Waals surface area contributed by atoms with Crippen LogP contribution in [0.2, 0.25) is 0 Å². The van der Waals surface area contributed by atoms with E-state index in [0.29, 0.717) is 5.57 Å². The van der Waals surface area contributed by atoms with Crippen LogP contribution in [0.4, 0.5) is 0 Å². The zero-order valence-electron chi connectivity index (χ0n) is 8.08. The van der Waals surface area contributed by atoms with E-state index in [1.54, 1.807) is 23.3 Å². The van der Waals surface area contributed by atoms with Crippen molar-refractivity contribution in [3.63, 3.8) is 0 Å². The van der Waals surface area contributed by atoms with Crippen molar-refractivity contribution in [2.75, 3.05) is 13.2 Å². The highest BCUT2D eigenvalue weighted by molar-refractivity contribution is 7.81. The molecule has 0 aromatic carbocycles. The SMILES string of the molecule is NC(=O)C1=CC=CN(CC(O)CO)C1S. The molecule has 1 amide bonds. The van der Waals surface area contributed by atoms with Gasteiger partial charge >= 0.3 is 0 Å². The molecule has 2 unspecified atom stereocenters. The molecule has 0 aliphatic carbocycles. The number of thiol groups is 1. The number of aliphatic hydroxyl groups is 2. The topological polar surface area (TPSA) is 86.8 Å². The number of carbonyl (C=O) groups excluding carboxylic acids is 1. The van der Waals surface area contributed by atoms with E-state index in [0.717, 1.165) is 0 Å². The molecule has 4 N–H and O–H groups in total. The van der Waals surface area contributed by atoms with Crippen LogP contribution in [0.1, 0.15) is 0 Å². The normalized spacial score (nSPS) is 22.5. The molecule has 1 aliphatic heterocycles. The van der Waals surface area contributed by atoms with E-state index in [-0.39, 0.29) is 13.2 Å².